The van der Waals surface area contributed by atoms with Gasteiger partial charge in [0.05, 0.1) is 11.3 Å². The second-order valence-electron chi connectivity index (χ2n) is 4.08. The lowest BCUT2D eigenvalue weighted by atomic mass is 10.2. The molecule has 2 N–H and O–H groups in total. The first-order valence-corrected chi connectivity index (χ1v) is 6.11. The van der Waals surface area contributed by atoms with E-state index in [1.165, 1.54) is 18.2 Å². The van der Waals surface area contributed by atoms with E-state index in [1.54, 1.807) is 30.3 Å². The molecule has 0 heterocycles. The molecule has 0 fully saturated rings. The van der Waals surface area contributed by atoms with Crippen LogP contribution in [0.3, 0.4) is 0 Å². The van der Waals surface area contributed by atoms with Gasteiger partial charge in [0.25, 0.3) is 0 Å². The van der Waals surface area contributed by atoms with Gasteiger partial charge in [0, 0.05) is 6.54 Å². The molecule has 2 rings (SSSR count). The summed E-state index contributed by atoms with van der Waals surface area (Å²) in [4.78, 5) is 10.7. The van der Waals surface area contributed by atoms with E-state index < -0.39 is 5.97 Å². The predicted molar refractivity (Wildman–Crippen MR) is 73.8 cm³/mol. The van der Waals surface area contributed by atoms with Crippen molar-refractivity contribution in [1.29, 1.82) is 0 Å². The Balaban J connectivity index is 1.79. The molecule has 5 heteroatoms. The molecule has 0 aliphatic heterocycles. The number of carbonyl (C=O) groups is 1. The highest BCUT2D eigenvalue weighted by Crippen LogP contribution is 2.13. The van der Waals surface area contributed by atoms with Crippen LogP contribution < -0.4 is 10.1 Å². The van der Waals surface area contributed by atoms with Crippen molar-refractivity contribution in [2.75, 3.05) is 18.5 Å². The second-order valence-corrected chi connectivity index (χ2v) is 4.08. The molecule has 0 aliphatic rings. The summed E-state index contributed by atoms with van der Waals surface area (Å²) in [6, 6.07) is 12.5. The standard InChI is InChI=1S/C15H14FNO3/c16-13-3-1-2-4-14(13)17-9-10-20-12-7-5-11(6-8-12)15(18)19/h1-8,17H,9-10H2,(H,18,19). The molecule has 0 unspecified atom stereocenters. The lowest BCUT2D eigenvalue weighted by molar-refractivity contribution is 0.0697. The summed E-state index contributed by atoms with van der Waals surface area (Å²) < 4.78 is 18.7. The molecular formula is C15H14FNO3. The van der Waals surface area contributed by atoms with Gasteiger partial charge >= 0.3 is 5.97 Å². The number of ether oxygens (including phenoxy) is 1. The number of halogens is 1. The SMILES string of the molecule is O=C(O)c1ccc(OCCNc2ccccc2F)cc1. The summed E-state index contributed by atoms with van der Waals surface area (Å²) in [5.41, 5.74) is 0.638. The highest BCUT2D eigenvalue weighted by atomic mass is 19.1. The fourth-order valence-corrected chi connectivity index (χ4v) is 1.65. The van der Waals surface area contributed by atoms with E-state index in [4.69, 9.17) is 9.84 Å². The van der Waals surface area contributed by atoms with Crippen molar-refractivity contribution in [2.45, 2.75) is 0 Å². The van der Waals surface area contributed by atoms with Crippen molar-refractivity contribution in [3.63, 3.8) is 0 Å². The van der Waals surface area contributed by atoms with Crippen LogP contribution in [-0.4, -0.2) is 24.2 Å². The number of aromatic carboxylic acids is 1. The number of hydrogen-bond donors (Lipinski definition) is 2. The molecule has 2 aromatic carbocycles. The molecule has 0 saturated heterocycles. The first kappa shape index (κ1) is 13.9. The summed E-state index contributed by atoms with van der Waals surface area (Å²) >= 11 is 0. The predicted octanol–water partition coefficient (Wildman–Crippen LogP) is 3.01. The van der Waals surface area contributed by atoms with Gasteiger partial charge in [-0.25, -0.2) is 9.18 Å². The van der Waals surface area contributed by atoms with Crippen molar-refractivity contribution >= 4 is 11.7 Å². The number of rotatable bonds is 6. The van der Waals surface area contributed by atoms with E-state index in [9.17, 15) is 9.18 Å². The fraction of sp³-hybridized carbons (Fsp3) is 0.133. The van der Waals surface area contributed by atoms with E-state index in [1.807, 2.05) is 0 Å². The van der Waals surface area contributed by atoms with Crippen LogP contribution in [0.15, 0.2) is 48.5 Å². The fourth-order valence-electron chi connectivity index (χ4n) is 1.65. The molecule has 0 atom stereocenters. The summed E-state index contributed by atoms with van der Waals surface area (Å²) in [6.07, 6.45) is 0. The molecule has 104 valence electrons. The monoisotopic (exact) mass is 275 g/mol. The van der Waals surface area contributed by atoms with Gasteiger partial charge in [0.15, 0.2) is 0 Å². The summed E-state index contributed by atoms with van der Waals surface area (Å²) in [7, 11) is 0. The van der Waals surface area contributed by atoms with Crippen LogP contribution in [0.25, 0.3) is 0 Å². The average molecular weight is 275 g/mol. The largest absolute Gasteiger partial charge is 0.492 e. The highest BCUT2D eigenvalue weighted by molar-refractivity contribution is 5.87. The van der Waals surface area contributed by atoms with Gasteiger partial charge in [0.2, 0.25) is 0 Å². The minimum Gasteiger partial charge on any atom is -0.492 e. The van der Waals surface area contributed by atoms with Crippen LogP contribution in [0, 0.1) is 5.82 Å². The highest BCUT2D eigenvalue weighted by Gasteiger charge is 2.02. The Bertz CT molecular complexity index is 584. The number of carboxylic acid groups (broad SMARTS) is 1. The molecule has 0 radical (unpaired) electrons. The van der Waals surface area contributed by atoms with E-state index in [0.29, 0.717) is 24.6 Å². The Morgan fingerprint density at radius 3 is 2.50 bits per heavy atom. The van der Waals surface area contributed by atoms with Crippen LogP contribution in [0.1, 0.15) is 10.4 Å². The van der Waals surface area contributed by atoms with E-state index in [2.05, 4.69) is 5.32 Å². The topological polar surface area (TPSA) is 58.6 Å². The Morgan fingerprint density at radius 1 is 1.15 bits per heavy atom. The average Bonchev–Trinajstić information content (AvgIpc) is 2.46. The molecule has 2 aromatic rings. The number of para-hydroxylation sites is 1. The molecule has 4 nitrogen and oxygen atoms in total. The Hall–Kier alpha value is -2.56. The van der Waals surface area contributed by atoms with Crippen molar-refractivity contribution in [2.24, 2.45) is 0 Å². The van der Waals surface area contributed by atoms with Gasteiger partial charge < -0.3 is 15.2 Å². The van der Waals surface area contributed by atoms with Crippen molar-refractivity contribution in [3.05, 3.63) is 59.9 Å². The number of carboxylic acids is 1. The van der Waals surface area contributed by atoms with Crippen molar-refractivity contribution < 1.29 is 19.0 Å². The van der Waals surface area contributed by atoms with Gasteiger partial charge in [-0.2, -0.15) is 0 Å². The minimum atomic E-state index is -0.974. The summed E-state index contributed by atoms with van der Waals surface area (Å²) in [5, 5.41) is 11.7. The smallest absolute Gasteiger partial charge is 0.335 e. The summed E-state index contributed by atoms with van der Waals surface area (Å²) in [6.45, 7) is 0.794. The van der Waals surface area contributed by atoms with Gasteiger partial charge in [-0.15, -0.1) is 0 Å². The first-order chi connectivity index (χ1) is 9.66. The quantitative estimate of drug-likeness (QED) is 0.796. The normalized spacial score (nSPS) is 10.1. The maximum Gasteiger partial charge on any atom is 0.335 e. The third-order valence-electron chi connectivity index (χ3n) is 2.66. The number of hydrogen-bond acceptors (Lipinski definition) is 3. The van der Waals surface area contributed by atoms with Crippen LogP contribution in [0.2, 0.25) is 0 Å². The lowest BCUT2D eigenvalue weighted by Gasteiger charge is -2.09. The maximum absolute atomic E-state index is 13.3. The third kappa shape index (κ3) is 3.71. The van der Waals surface area contributed by atoms with Gasteiger partial charge in [-0.05, 0) is 36.4 Å². The van der Waals surface area contributed by atoms with Gasteiger partial charge in [-0.3, -0.25) is 0 Å². The zero-order valence-corrected chi connectivity index (χ0v) is 10.7. The Morgan fingerprint density at radius 2 is 1.85 bits per heavy atom. The van der Waals surface area contributed by atoms with Crippen LogP contribution >= 0.6 is 0 Å². The minimum absolute atomic E-state index is 0.210. The lowest BCUT2D eigenvalue weighted by Crippen LogP contribution is -2.12. The maximum atomic E-state index is 13.3. The van der Waals surface area contributed by atoms with Crippen LogP contribution in [0.4, 0.5) is 10.1 Å². The van der Waals surface area contributed by atoms with Crippen molar-refractivity contribution in [3.8, 4) is 5.75 Å². The molecule has 0 bridgehead atoms. The molecule has 20 heavy (non-hydrogen) atoms. The van der Waals surface area contributed by atoms with E-state index in [-0.39, 0.29) is 11.4 Å². The van der Waals surface area contributed by atoms with Crippen molar-refractivity contribution in [1.82, 2.24) is 0 Å². The number of nitrogens with one attached hydrogen (secondary N) is 1. The third-order valence-corrected chi connectivity index (χ3v) is 2.66. The second kappa shape index (κ2) is 6.56. The first-order valence-electron chi connectivity index (χ1n) is 6.11. The van der Waals surface area contributed by atoms with E-state index in [0.717, 1.165) is 0 Å². The Kier molecular flexibility index (Phi) is 4.55. The number of benzene rings is 2. The molecular weight excluding hydrogens is 261 g/mol. The van der Waals surface area contributed by atoms with Crippen LogP contribution in [0.5, 0.6) is 5.75 Å². The van der Waals surface area contributed by atoms with E-state index >= 15 is 0 Å². The van der Waals surface area contributed by atoms with Crippen LogP contribution in [-0.2, 0) is 0 Å². The molecule has 0 aliphatic carbocycles. The Labute approximate surface area is 115 Å². The zero-order valence-electron chi connectivity index (χ0n) is 10.7. The molecule has 0 spiro atoms. The van der Waals surface area contributed by atoms with Gasteiger partial charge in [-0.1, -0.05) is 12.1 Å². The molecule has 0 amide bonds. The zero-order chi connectivity index (χ0) is 14.4. The molecule has 0 saturated carbocycles. The number of anilines is 1. The molecule has 0 aromatic heterocycles. The van der Waals surface area contributed by atoms with Gasteiger partial charge in [0.1, 0.15) is 18.2 Å². The summed E-state index contributed by atoms with van der Waals surface area (Å²) in [5.74, 6) is -0.707.